The lowest BCUT2D eigenvalue weighted by Crippen LogP contribution is -2.28. The van der Waals surface area contributed by atoms with Crippen LogP contribution >= 0.6 is 0 Å². The van der Waals surface area contributed by atoms with E-state index in [-0.39, 0.29) is 17.7 Å². The Morgan fingerprint density at radius 1 is 1.29 bits per heavy atom. The van der Waals surface area contributed by atoms with Crippen LogP contribution in [0, 0.1) is 0 Å². The fourth-order valence-electron chi connectivity index (χ4n) is 1.52. The summed E-state index contributed by atoms with van der Waals surface area (Å²) in [7, 11) is 1.78. The Labute approximate surface area is 102 Å². The van der Waals surface area contributed by atoms with Gasteiger partial charge in [-0.05, 0) is 38.5 Å². The monoisotopic (exact) mass is 233 g/mol. The number of hydrogen-bond acceptors (Lipinski definition) is 2. The number of likely N-dealkylation sites (N-methyl/N-ethyl adjacent to an activating group) is 1. The summed E-state index contributed by atoms with van der Waals surface area (Å²) >= 11 is 0. The Morgan fingerprint density at radius 3 is 2.29 bits per heavy atom. The number of amides is 1. The summed E-state index contributed by atoms with van der Waals surface area (Å²) in [5.41, 5.74) is 1.99. The number of hydrogen-bond donors (Lipinski definition) is 1. The van der Waals surface area contributed by atoms with Gasteiger partial charge in [-0.2, -0.15) is 0 Å². The van der Waals surface area contributed by atoms with Gasteiger partial charge in [-0.3, -0.25) is 4.79 Å². The lowest BCUT2D eigenvalue weighted by atomic mass is 10.1. The van der Waals surface area contributed by atoms with Crippen molar-refractivity contribution in [2.75, 3.05) is 7.05 Å². The minimum Gasteiger partial charge on any atom is -0.508 e. The summed E-state index contributed by atoms with van der Waals surface area (Å²) in [5, 5.41) is 9.22. The number of phenolic OH excluding ortho intramolecular Hbond substituents is 1. The Bertz CT molecular complexity index is 416. The summed E-state index contributed by atoms with van der Waals surface area (Å²) < 4.78 is 0. The fourth-order valence-corrected chi connectivity index (χ4v) is 1.52. The summed E-state index contributed by atoms with van der Waals surface area (Å²) in [6.45, 7) is 5.76. The summed E-state index contributed by atoms with van der Waals surface area (Å²) in [4.78, 5) is 13.5. The number of rotatable bonds is 3. The molecule has 0 fully saturated rings. The first-order valence-electron chi connectivity index (χ1n) is 5.62. The molecular formula is C14H19NO2. The van der Waals surface area contributed by atoms with Crippen molar-refractivity contribution < 1.29 is 9.90 Å². The van der Waals surface area contributed by atoms with Gasteiger partial charge in [-0.1, -0.05) is 17.7 Å². The molecule has 0 radical (unpaired) electrons. The average Bonchev–Trinajstić information content (AvgIpc) is 2.27. The molecule has 0 heterocycles. The first-order valence-corrected chi connectivity index (χ1v) is 5.62. The van der Waals surface area contributed by atoms with Gasteiger partial charge in [-0.25, -0.2) is 0 Å². The minimum absolute atomic E-state index is 0.00873. The van der Waals surface area contributed by atoms with Gasteiger partial charge in [0.1, 0.15) is 5.75 Å². The highest BCUT2D eigenvalue weighted by atomic mass is 16.3. The van der Waals surface area contributed by atoms with Crippen molar-refractivity contribution in [1.29, 1.82) is 0 Å². The quantitative estimate of drug-likeness (QED) is 0.815. The molecule has 3 nitrogen and oxygen atoms in total. The molecule has 3 heteroatoms. The maximum Gasteiger partial charge on any atom is 0.246 e. The predicted molar refractivity (Wildman–Crippen MR) is 68.7 cm³/mol. The fraction of sp³-hybridized carbons (Fsp3) is 0.357. The molecule has 0 spiro atoms. The molecular weight excluding hydrogens is 214 g/mol. The van der Waals surface area contributed by atoms with Crippen LogP contribution in [0.4, 0.5) is 0 Å². The van der Waals surface area contributed by atoms with Crippen LogP contribution < -0.4 is 0 Å². The first kappa shape index (κ1) is 13.3. The van der Waals surface area contributed by atoms with E-state index < -0.39 is 0 Å². The van der Waals surface area contributed by atoms with E-state index in [1.54, 1.807) is 30.2 Å². The molecule has 1 atom stereocenters. The Hall–Kier alpha value is -1.77. The first-order chi connectivity index (χ1) is 7.91. The lowest BCUT2D eigenvalue weighted by Gasteiger charge is -2.24. The molecule has 1 aromatic carbocycles. The third kappa shape index (κ3) is 3.63. The van der Waals surface area contributed by atoms with Crippen LogP contribution in [0.3, 0.4) is 0 Å². The van der Waals surface area contributed by atoms with Gasteiger partial charge in [0, 0.05) is 13.1 Å². The molecule has 1 rings (SSSR count). The molecule has 1 unspecified atom stereocenters. The molecule has 92 valence electrons. The summed E-state index contributed by atoms with van der Waals surface area (Å²) in [6, 6.07) is 6.90. The smallest absolute Gasteiger partial charge is 0.246 e. The number of aromatic hydroxyl groups is 1. The van der Waals surface area contributed by atoms with Crippen LogP contribution in [-0.2, 0) is 4.79 Å². The van der Waals surface area contributed by atoms with Crippen molar-refractivity contribution >= 4 is 5.91 Å². The van der Waals surface area contributed by atoms with E-state index in [1.807, 2.05) is 32.9 Å². The van der Waals surface area contributed by atoms with Crippen molar-refractivity contribution in [3.05, 3.63) is 41.5 Å². The van der Waals surface area contributed by atoms with E-state index in [1.165, 1.54) is 0 Å². The molecule has 17 heavy (non-hydrogen) atoms. The van der Waals surface area contributed by atoms with Gasteiger partial charge in [0.2, 0.25) is 5.91 Å². The minimum atomic E-state index is -0.0151. The standard InChI is InChI=1S/C14H19NO2/c1-10(2)9-14(17)15(4)11(3)12-5-7-13(16)8-6-12/h5-9,11,16H,1-4H3. The van der Waals surface area contributed by atoms with Crippen molar-refractivity contribution in [3.63, 3.8) is 0 Å². The normalized spacial score (nSPS) is 11.8. The van der Waals surface area contributed by atoms with Crippen LogP contribution in [0.25, 0.3) is 0 Å². The van der Waals surface area contributed by atoms with Crippen LogP contribution in [0.1, 0.15) is 32.4 Å². The van der Waals surface area contributed by atoms with E-state index in [4.69, 9.17) is 0 Å². The van der Waals surface area contributed by atoms with Crippen LogP contribution in [0.2, 0.25) is 0 Å². The zero-order chi connectivity index (χ0) is 13.0. The number of carbonyl (C=O) groups is 1. The molecule has 0 saturated heterocycles. The summed E-state index contributed by atoms with van der Waals surface area (Å²) in [5.74, 6) is 0.227. The highest BCUT2D eigenvalue weighted by Gasteiger charge is 2.15. The van der Waals surface area contributed by atoms with Gasteiger partial charge < -0.3 is 10.0 Å². The van der Waals surface area contributed by atoms with Crippen LogP contribution in [-0.4, -0.2) is 23.0 Å². The van der Waals surface area contributed by atoms with Gasteiger partial charge in [-0.15, -0.1) is 0 Å². The van der Waals surface area contributed by atoms with Crippen molar-refractivity contribution in [1.82, 2.24) is 4.90 Å². The SMILES string of the molecule is CC(C)=CC(=O)N(C)C(C)c1ccc(O)cc1. The van der Waals surface area contributed by atoms with Crippen LogP contribution in [0.5, 0.6) is 5.75 Å². The number of phenols is 1. The summed E-state index contributed by atoms with van der Waals surface area (Å²) in [6.07, 6.45) is 1.62. The van der Waals surface area contributed by atoms with Crippen LogP contribution in [0.15, 0.2) is 35.9 Å². The highest BCUT2D eigenvalue weighted by Crippen LogP contribution is 2.21. The maximum atomic E-state index is 11.8. The van der Waals surface area contributed by atoms with Crippen molar-refractivity contribution in [2.45, 2.75) is 26.8 Å². The lowest BCUT2D eigenvalue weighted by molar-refractivity contribution is -0.126. The largest absolute Gasteiger partial charge is 0.508 e. The van der Waals surface area contributed by atoms with E-state index >= 15 is 0 Å². The Balaban J connectivity index is 2.82. The second kappa shape index (κ2) is 5.53. The third-order valence-corrected chi connectivity index (χ3v) is 2.72. The second-order valence-corrected chi connectivity index (χ2v) is 4.44. The van der Waals surface area contributed by atoms with E-state index in [0.717, 1.165) is 11.1 Å². The Morgan fingerprint density at radius 2 is 1.82 bits per heavy atom. The number of carbonyl (C=O) groups excluding carboxylic acids is 1. The van der Waals surface area contributed by atoms with Gasteiger partial charge in [0.15, 0.2) is 0 Å². The predicted octanol–water partition coefficient (Wildman–Crippen LogP) is 2.88. The number of nitrogens with zero attached hydrogens (tertiary/aromatic N) is 1. The average molecular weight is 233 g/mol. The molecule has 1 aromatic rings. The molecule has 0 aliphatic heterocycles. The Kier molecular flexibility index (Phi) is 4.32. The molecule has 0 saturated carbocycles. The topological polar surface area (TPSA) is 40.5 Å². The molecule has 0 bridgehead atoms. The second-order valence-electron chi connectivity index (χ2n) is 4.44. The highest BCUT2D eigenvalue weighted by molar-refractivity contribution is 5.88. The zero-order valence-corrected chi connectivity index (χ0v) is 10.8. The molecule has 0 aromatic heterocycles. The third-order valence-electron chi connectivity index (χ3n) is 2.72. The van der Waals surface area contributed by atoms with E-state index in [0.29, 0.717) is 0 Å². The number of allylic oxidation sites excluding steroid dienone is 1. The molecule has 1 N–H and O–H groups in total. The van der Waals surface area contributed by atoms with Gasteiger partial charge in [0.25, 0.3) is 0 Å². The molecule has 1 amide bonds. The zero-order valence-electron chi connectivity index (χ0n) is 10.8. The van der Waals surface area contributed by atoms with E-state index in [2.05, 4.69) is 0 Å². The number of benzene rings is 1. The molecule has 0 aliphatic rings. The van der Waals surface area contributed by atoms with Crippen molar-refractivity contribution in [3.8, 4) is 5.75 Å². The molecule has 0 aliphatic carbocycles. The maximum absolute atomic E-state index is 11.8. The van der Waals surface area contributed by atoms with Crippen molar-refractivity contribution in [2.24, 2.45) is 0 Å². The van der Waals surface area contributed by atoms with Gasteiger partial charge >= 0.3 is 0 Å². The van der Waals surface area contributed by atoms with Gasteiger partial charge in [0.05, 0.1) is 6.04 Å². The van der Waals surface area contributed by atoms with E-state index in [9.17, 15) is 9.90 Å².